The number of morpholine rings is 1. The molecule has 1 heterocycles. The van der Waals surface area contributed by atoms with E-state index in [1.165, 1.54) is 7.11 Å². The minimum absolute atomic E-state index is 0.281. The summed E-state index contributed by atoms with van der Waals surface area (Å²) in [6, 6.07) is -0.378. The van der Waals surface area contributed by atoms with Gasteiger partial charge in [-0.3, -0.25) is 9.69 Å². The van der Waals surface area contributed by atoms with Crippen LogP contribution in [-0.4, -0.2) is 50.3 Å². The Bertz CT molecular complexity index is 388. The van der Waals surface area contributed by atoms with Crippen LogP contribution in [0.25, 0.3) is 0 Å². The molecule has 0 aliphatic carbocycles. The molecule has 0 amide bonds. The molecule has 19 heavy (non-hydrogen) atoms. The monoisotopic (exact) mass is 266 g/mol. The number of allylic oxidation sites excluding steroid dienone is 3. The standard InChI is InChI=1S/C14H22N2O3/c1-4-6-11(12(15)5-2)9-16-7-8-19-10-13(16)14(17)18-3/h4-6,13H,1,7-10,15H2,2-3H3/b11-6-,12-5+. The van der Waals surface area contributed by atoms with Crippen LogP contribution in [0.2, 0.25) is 0 Å². The van der Waals surface area contributed by atoms with E-state index in [0.717, 1.165) is 5.57 Å². The number of nitrogens with two attached hydrogens (primary N) is 1. The average Bonchev–Trinajstić information content (AvgIpc) is 2.45. The second-order valence-electron chi connectivity index (χ2n) is 4.26. The molecule has 0 radical (unpaired) electrons. The van der Waals surface area contributed by atoms with Gasteiger partial charge in [0.05, 0.1) is 20.3 Å². The summed E-state index contributed by atoms with van der Waals surface area (Å²) in [7, 11) is 1.38. The fourth-order valence-electron chi connectivity index (χ4n) is 1.97. The van der Waals surface area contributed by atoms with Gasteiger partial charge >= 0.3 is 5.97 Å². The number of hydrogen-bond donors (Lipinski definition) is 1. The third-order valence-corrected chi connectivity index (χ3v) is 3.09. The molecule has 0 aromatic carbocycles. The molecule has 1 aliphatic heterocycles. The molecule has 5 heteroatoms. The zero-order valence-corrected chi connectivity index (χ0v) is 11.6. The summed E-state index contributed by atoms with van der Waals surface area (Å²) in [5, 5.41) is 0. The Morgan fingerprint density at radius 2 is 2.37 bits per heavy atom. The maximum absolute atomic E-state index is 11.7. The van der Waals surface area contributed by atoms with Gasteiger partial charge in [0.1, 0.15) is 6.04 Å². The van der Waals surface area contributed by atoms with Crippen molar-refractivity contribution in [3.8, 4) is 0 Å². The van der Waals surface area contributed by atoms with Crippen LogP contribution in [0, 0.1) is 0 Å². The fourth-order valence-corrected chi connectivity index (χ4v) is 1.97. The largest absolute Gasteiger partial charge is 0.468 e. The van der Waals surface area contributed by atoms with E-state index in [-0.39, 0.29) is 12.0 Å². The summed E-state index contributed by atoms with van der Waals surface area (Å²) in [6.45, 7) is 7.76. The summed E-state index contributed by atoms with van der Waals surface area (Å²) in [6.07, 6.45) is 5.39. The van der Waals surface area contributed by atoms with Crippen molar-refractivity contribution in [2.45, 2.75) is 13.0 Å². The average molecular weight is 266 g/mol. The second kappa shape index (κ2) is 7.76. The SMILES string of the molecule is C=C/C=C(CN1CCOCC1C(=O)OC)\C(N)=C/C. The number of rotatable bonds is 5. The van der Waals surface area contributed by atoms with Crippen molar-refractivity contribution in [1.82, 2.24) is 4.90 Å². The molecular weight excluding hydrogens is 244 g/mol. The van der Waals surface area contributed by atoms with E-state index in [2.05, 4.69) is 6.58 Å². The van der Waals surface area contributed by atoms with Crippen LogP contribution in [0.3, 0.4) is 0 Å². The van der Waals surface area contributed by atoms with Gasteiger partial charge in [0, 0.05) is 18.8 Å². The van der Waals surface area contributed by atoms with Crippen LogP contribution in [0.4, 0.5) is 0 Å². The van der Waals surface area contributed by atoms with Crippen LogP contribution in [0.15, 0.2) is 36.1 Å². The maximum atomic E-state index is 11.7. The first-order valence-corrected chi connectivity index (χ1v) is 6.27. The Kier molecular flexibility index (Phi) is 6.32. The molecule has 0 aromatic heterocycles. The van der Waals surface area contributed by atoms with E-state index in [1.807, 2.05) is 24.0 Å². The van der Waals surface area contributed by atoms with Crippen LogP contribution in [-0.2, 0) is 14.3 Å². The van der Waals surface area contributed by atoms with Gasteiger partial charge in [-0.1, -0.05) is 24.8 Å². The summed E-state index contributed by atoms with van der Waals surface area (Å²) >= 11 is 0. The first-order chi connectivity index (χ1) is 9.13. The Hall–Kier alpha value is -1.59. The predicted octanol–water partition coefficient (Wildman–Crippen LogP) is 0.835. The van der Waals surface area contributed by atoms with Gasteiger partial charge in [-0.25, -0.2) is 0 Å². The molecule has 0 saturated carbocycles. The van der Waals surface area contributed by atoms with Crippen molar-refractivity contribution in [3.63, 3.8) is 0 Å². The molecule has 1 aliphatic rings. The zero-order chi connectivity index (χ0) is 14.3. The molecule has 1 atom stereocenters. The third-order valence-electron chi connectivity index (χ3n) is 3.09. The number of nitrogens with zero attached hydrogens (tertiary/aromatic N) is 1. The number of methoxy groups -OCH3 is 1. The molecule has 106 valence electrons. The van der Waals surface area contributed by atoms with Gasteiger partial charge in [0.15, 0.2) is 0 Å². The number of hydrogen-bond acceptors (Lipinski definition) is 5. The molecule has 2 N–H and O–H groups in total. The number of carbonyl (C=O) groups is 1. The van der Waals surface area contributed by atoms with Gasteiger partial charge in [-0.2, -0.15) is 0 Å². The smallest absolute Gasteiger partial charge is 0.325 e. The predicted molar refractivity (Wildman–Crippen MR) is 74.4 cm³/mol. The highest BCUT2D eigenvalue weighted by Gasteiger charge is 2.30. The molecule has 1 rings (SSSR count). The summed E-state index contributed by atoms with van der Waals surface area (Å²) in [5.41, 5.74) is 7.57. The van der Waals surface area contributed by atoms with E-state index in [4.69, 9.17) is 15.2 Å². The molecule has 1 unspecified atom stereocenters. The fraction of sp³-hybridized carbons (Fsp3) is 0.500. The van der Waals surface area contributed by atoms with Crippen molar-refractivity contribution < 1.29 is 14.3 Å². The Morgan fingerprint density at radius 3 is 2.95 bits per heavy atom. The first-order valence-electron chi connectivity index (χ1n) is 6.27. The van der Waals surface area contributed by atoms with E-state index in [0.29, 0.717) is 32.0 Å². The first kappa shape index (κ1) is 15.5. The lowest BCUT2D eigenvalue weighted by atomic mass is 10.1. The second-order valence-corrected chi connectivity index (χ2v) is 4.26. The lowest BCUT2D eigenvalue weighted by Gasteiger charge is -2.34. The van der Waals surface area contributed by atoms with Gasteiger partial charge in [0.25, 0.3) is 0 Å². The Balaban J connectivity index is 2.83. The van der Waals surface area contributed by atoms with Crippen LogP contribution in [0.1, 0.15) is 6.92 Å². The molecule has 0 bridgehead atoms. The van der Waals surface area contributed by atoms with Crippen LogP contribution in [0.5, 0.6) is 0 Å². The summed E-state index contributed by atoms with van der Waals surface area (Å²) < 4.78 is 10.1. The van der Waals surface area contributed by atoms with Gasteiger partial charge in [-0.15, -0.1) is 0 Å². The summed E-state index contributed by atoms with van der Waals surface area (Å²) in [5.74, 6) is -0.281. The third kappa shape index (κ3) is 4.22. The van der Waals surface area contributed by atoms with Crippen molar-refractivity contribution in [1.29, 1.82) is 0 Å². The van der Waals surface area contributed by atoms with Crippen molar-refractivity contribution >= 4 is 5.97 Å². The molecule has 5 nitrogen and oxygen atoms in total. The van der Waals surface area contributed by atoms with Gasteiger partial charge < -0.3 is 15.2 Å². The lowest BCUT2D eigenvalue weighted by molar-refractivity contribution is -0.152. The van der Waals surface area contributed by atoms with E-state index >= 15 is 0 Å². The van der Waals surface area contributed by atoms with Crippen molar-refractivity contribution in [3.05, 3.63) is 36.1 Å². The van der Waals surface area contributed by atoms with E-state index in [1.54, 1.807) is 6.08 Å². The van der Waals surface area contributed by atoms with Crippen LogP contribution >= 0.6 is 0 Å². The molecule has 0 aromatic rings. The Morgan fingerprint density at radius 1 is 1.63 bits per heavy atom. The summed E-state index contributed by atoms with van der Waals surface area (Å²) in [4.78, 5) is 13.7. The maximum Gasteiger partial charge on any atom is 0.325 e. The van der Waals surface area contributed by atoms with Crippen LogP contribution < -0.4 is 5.73 Å². The van der Waals surface area contributed by atoms with Gasteiger partial charge in [-0.05, 0) is 12.5 Å². The topological polar surface area (TPSA) is 64.8 Å². The van der Waals surface area contributed by atoms with Crippen molar-refractivity contribution in [2.24, 2.45) is 5.73 Å². The Labute approximate surface area is 114 Å². The van der Waals surface area contributed by atoms with E-state index < -0.39 is 0 Å². The number of carbonyl (C=O) groups excluding carboxylic acids is 1. The van der Waals surface area contributed by atoms with Gasteiger partial charge in [0.2, 0.25) is 0 Å². The minimum Gasteiger partial charge on any atom is -0.468 e. The van der Waals surface area contributed by atoms with Crippen molar-refractivity contribution in [2.75, 3.05) is 33.4 Å². The minimum atomic E-state index is -0.378. The normalized spacial score (nSPS) is 22.1. The highest BCUT2D eigenvalue weighted by atomic mass is 16.5. The highest BCUT2D eigenvalue weighted by Crippen LogP contribution is 2.14. The quantitative estimate of drug-likeness (QED) is 0.590. The zero-order valence-electron chi connectivity index (χ0n) is 11.6. The molecule has 0 spiro atoms. The molecule has 1 fully saturated rings. The highest BCUT2D eigenvalue weighted by molar-refractivity contribution is 5.76. The number of esters is 1. The number of ether oxygens (including phenoxy) is 2. The lowest BCUT2D eigenvalue weighted by Crippen LogP contribution is -2.51. The molecular formula is C14H22N2O3. The van der Waals surface area contributed by atoms with E-state index in [9.17, 15) is 4.79 Å². The molecule has 1 saturated heterocycles.